The SMILES string of the molecule is COc1ccc(C(=O)C(C)NC(=O)O)cn1. The van der Waals surface area contributed by atoms with Crippen molar-refractivity contribution in [2.24, 2.45) is 0 Å². The Morgan fingerprint density at radius 3 is 2.62 bits per heavy atom. The maximum atomic E-state index is 11.7. The largest absolute Gasteiger partial charge is 0.481 e. The molecule has 0 fully saturated rings. The minimum atomic E-state index is -1.23. The van der Waals surface area contributed by atoms with Gasteiger partial charge >= 0.3 is 6.09 Å². The molecule has 0 aromatic carbocycles. The molecule has 1 amide bonds. The molecular formula is C10H12N2O4. The van der Waals surface area contributed by atoms with Gasteiger partial charge in [0.05, 0.1) is 13.2 Å². The number of amides is 1. The molecule has 0 bridgehead atoms. The van der Waals surface area contributed by atoms with Gasteiger partial charge in [-0.3, -0.25) is 4.79 Å². The molecule has 1 heterocycles. The molecule has 1 unspecified atom stereocenters. The summed E-state index contributed by atoms with van der Waals surface area (Å²) in [5, 5.41) is 10.5. The monoisotopic (exact) mass is 224 g/mol. The third-order valence-electron chi connectivity index (χ3n) is 1.96. The summed E-state index contributed by atoms with van der Waals surface area (Å²) in [4.78, 5) is 25.9. The van der Waals surface area contributed by atoms with Crippen molar-refractivity contribution in [2.45, 2.75) is 13.0 Å². The second kappa shape index (κ2) is 5.11. The predicted molar refractivity (Wildman–Crippen MR) is 55.7 cm³/mol. The van der Waals surface area contributed by atoms with Crippen molar-refractivity contribution < 1.29 is 19.4 Å². The maximum absolute atomic E-state index is 11.7. The van der Waals surface area contributed by atoms with E-state index in [1.54, 1.807) is 6.07 Å². The molecule has 6 nitrogen and oxygen atoms in total. The molecule has 16 heavy (non-hydrogen) atoms. The van der Waals surface area contributed by atoms with Crippen LogP contribution in [0.3, 0.4) is 0 Å². The van der Waals surface area contributed by atoms with Gasteiger partial charge in [-0.2, -0.15) is 0 Å². The second-order valence-electron chi connectivity index (χ2n) is 3.12. The number of carboxylic acid groups (broad SMARTS) is 1. The van der Waals surface area contributed by atoms with Gasteiger partial charge in [-0.25, -0.2) is 9.78 Å². The zero-order chi connectivity index (χ0) is 12.1. The van der Waals surface area contributed by atoms with Crippen molar-refractivity contribution in [1.82, 2.24) is 10.3 Å². The topological polar surface area (TPSA) is 88.5 Å². The minimum absolute atomic E-state index is 0.335. The van der Waals surface area contributed by atoms with Crippen LogP contribution in [0.25, 0.3) is 0 Å². The number of pyridine rings is 1. The maximum Gasteiger partial charge on any atom is 0.405 e. The highest BCUT2D eigenvalue weighted by Crippen LogP contribution is 2.08. The van der Waals surface area contributed by atoms with Crippen molar-refractivity contribution in [1.29, 1.82) is 0 Å². The van der Waals surface area contributed by atoms with Crippen LogP contribution in [0.2, 0.25) is 0 Å². The summed E-state index contributed by atoms with van der Waals surface area (Å²) < 4.78 is 4.84. The molecule has 0 saturated carbocycles. The molecule has 1 atom stereocenters. The second-order valence-corrected chi connectivity index (χ2v) is 3.12. The highest BCUT2D eigenvalue weighted by atomic mass is 16.5. The van der Waals surface area contributed by atoms with Crippen LogP contribution in [0, 0.1) is 0 Å². The Kier molecular flexibility index (Phi) is 3.82. The average molecular weight is 224 g/mol. The van der Waals surface area contributed by atoms with E-state index in [1.165, 1.54) is 26.3 Å². The molecule has 0 aliphatic rings. The van der Waals surface area contributed by atoms with E-state index >= 15 is 0 Å². The van der Waals surface area contributed by atoms with Crippen LogP contribution in [-0.4, -0.2) is 35.1 Å². The molecule has 0 spiro atoms. The van der Waals surface area contributed by atoms with Crippen molar-refractivity contribution in [3.63, 3.8) is 0 Å². The number of nitrogens with one attached hydrogen (secondary N) is 1. The zero-order valence-electron chi connectivity index (χ0n) is 8.93. The van der Waals surface area contributed by atoms with Crippen LogP contribution in [-0.2, 0) is 0 Å². The molecule has 1 aromatic rings. The summed E-state index contributed by atoms with van der Waals surface area (Å²) >= 11 is 0. The number of rotatable bonds is 4. The van der Waals surface area contributed by atoms with Crippen LogP contribution < -0.4 is 10.1 Å². The number of Topliss-reactive ketones (excluding diaryl/α,β-unsaturated/α-hetero) is 1. The Hall–Kier alpha value is -2.11. The first-order chi connectivity index (χ1) is 7.54. The van der Waals surface area contributed by atoms with Gasteiger partial charge in [0.15, 0.2) is 5.78 Å². The van der Waals surface area contributed by atoms with Crippen molar-refractivity contribution in [2.75, 3.05) is 7.11 Å². The highest BCUT2D eigenvalue weighted by Gasteiger charge is 2.17. The van der Waals surface area contributed by atoms with E-state index in [0.717, 1.165) is 0 Å². The van der Waals surface area contributed by atoms with Gasteiger partial charge in [0.25, 0.3) is 0 Å². The number of ketones is 1. The van der Waals surface area contributed by atoms with E-state index < -0.39 is 12.1 Å². The van der Waals surface area contributed by atoms with E-state index in [-0.39, 0.29) is 5.78 Å². The number of carbonyl (C=O) groups is 2. The van der Waals surface area contributed by atoms with E-state index in [1.807, 2.05) is 0 Å². The smallest absolute Gasteiger partial charge is 0.405 e. The molecule has 0 saturated heterocycles. The van der Waals surface area contributed by atoms with Gasteiger partial charge in [0.2, 0.25) is 5.88 Å². The number of hydrogen-bond donors (Lipinski definition) is 2. The Morgan fingerprint density at radius 2 is 2.19 bits per heavy atom. The predicted octanol–water partition coefficient (Wildman–Crippen LogP) is 0.929. The number of carbonyl (C=O) groups excluding carboxylic acids is 1. The summed E-state index contributed by atoms with van der Waals surface area (Å²) in [5.41, 5.74) is 0.335. The standard InChI is InChI=1S/C10H12N2O4/c1-6(12-10(14)15)9(13)7-3-4-8(16-2)11-5-7/h3-6,12H,1-2H3,(H,14,15). The van der Waals surface area contributed by atoms with Crippen LogP contribution in [0.5, 0.6) is 5.88 Å². The summed E-state index contributed by atoms with van der Waals surface area (Å²) in [6.45, 7) is 1.47. The molecule has 86 valence electrons. The van der Waals surface area contributed by atoms with Crippen LogP contribution >= 0.6 is 0 Å². The van der Waals surface area contributed by atoms with Gasteiger partial charge in [0, 0.05) is 17.8 Å². The number of hydrogen-bond acceptors (Lipinski definition) is 4. The zero-order valence-corrected chi connectivity index (χ0v) is 8.93. The van der Waals surface area contributed by atoms with E-state index in [0.29, 0.717) is 11.4 Å². The van der Waals surface area contributed by atoms with Crippen molar-refractivity contribution in [3.8, 4) is 5.88 Å². The summed E-state index contributed by atoms with van der Waals surface area (Å²) in [7, 11) is 1.47. The first-order valence-electron chi connectivity index (χ1n) is 4.58. The lowest BCUT2D eigenvalue weighted by Crippen LogP contribution is -2.37. The quantitative estimate of drug-likeness (QED) is 0.742. The number of methoxy groups -OCH3 is 1. The molecule has 1 aromatic heterocycles. The number of nitrogens with zero attached hydrogens (tertiary/aromatic N) is 1. The fourth-order valence-corrected chi connectivity index (χ4v) is 1.15. The highest BCUT2D eigenvalue weighted by molar-refractivity contribution is 6.00. The molecule has 2 N–H and O–H groups in total. The van der Waals surface area contributed by atoms with Gasteiger partial charge in [-0.1, -0.05) is 0 Å². The van der Waals surface area contributed by atoms with E-state index in [4.69, 9.17) is 9.84 Å². The fraction of sp³-hybridized carbons (Fsp3) is 0.300. The van der Waals surface area contributed by atoms with E-state index in [2.05, 4.69) is 10.3 Å². The summed E-state index contributed by atoms with van der Waals surface area (Å²) in [5.74, 6) is 0.0629. The first kappa shape index (κ1) is 12.0. The average Bonchev–Trinajstić information content (AvgIpc) is 2.27. The molecular weight excluding hydrogens is 212 g/mol. The molecule has 0 radical (unpaired) electrons. The summed E-state index contributed by atoms with van der Waals surface area (Å²) in [6.07, 6.45) is 0.114. The Bertz CT molecular complexity index is 388. The number of ether oxygens (including phenoxy) is 1. The van der Waals surface area contributed by atoms with Crippen LogP contribution in [0.1, 0.15) is 17.3 Å². The van der Waals surface area contributed by atoms with Gasteiger partial charge in [0.1, 0.15) is 0 Å². The molecule has 0 aliphatic heterocycles. The first-order valence-corrected chi connectivity index (χ1v) is 4.58. The Morgan fingerprint density at radius 1 is 1.50 bits per heavy atom. The lowest BCUT2D eigenvalue weighted by molar-refractivity contribution is 0.0945. The molecule has 1 rings (SSSR count). The normalized spacial score (nSPS) is 11.6. The summed E-state index contributed by atoms with van der Waals surface area (Å²) in [6, 6.07) is 2.28. The van der Waals surface area contributed by atoms with E-state index in [9.17, 15) is 9.59 Å². The van der Waals surface area contributed by atoms with Gasteiger partial charge in [-0.05, 0) is 13.0 Å². The van der Waals surface area contributed by atoms with Gasteiger partial charge < -0.3 is 15.2 Å². The third kappa shape index (κ3) is 2.94. The lowest BCUT2D eigenvalue weighted by atomic mass is 10.1. The Labute approximate surface area is 92.3 Å². The molecule has 0 aliphatic carbocycles. The van der Waals surface area contributed by atoms with Crippen molar-refractivity contribution in [3.05, 3.63) is 23.9 Å². The van der Waals surface area contributed by atoms with Crippen molar-refractivity contribution >= 4 is 11.9 Å². The third-order valence-corrected chi connectivity index (χ3v) is 1.96. The Balaban J connectivity index is 2.75. The number of aromatic nitrogens is 1. The van der Waals surface area contributed by atoms with Gasteiger partial charge in [-0.15, -0.1) is 0 Å². The fourth-order valence-electron chi connectivity index (χ4n) is 1.15. The lowest BCUT2D eigenvalue weighted by Gasteiger charge is -2.09. The minimum Gasteiger partial charge on any atom is -0.481 e. The molecule has 6 heteroatoms. The van der Waals surface area contributed by atoms with Crippen LogP contribution in [0.15, 0.2) is 18.3 Å². The van der Waals surface area contributed by atoms with Crippen LogP contribution in [0.4, 0.5) is 4.79 Å².